The largest absolute Gasteiger partial charge is 0.460 e. The maximum absolute atomic E-state index is 13.9. The average Bonchev–Trinajstić information content (AvgIpc) is 2.36. The molecular weight excluding hydrogens is 299 g/mol. The van der Waals surface area contributed by atoms with E-state index < -0.39 is 23.3 Å². The number of hydrazine groups is 1. The Morgan fingerprint density at radius 3 is 2.52 bits per heavy atom. The van der Waals surface area contributed by atoms with Gasteiger partial charge in [-0.2, -0.15) is 0 Å². The Bertz CT molecular complexity index is 556. The zero-order valence-electron chi connectivity index (χ0n) is 12.1. The van der Waals surface area contributed by atoms with Crippen molar-refractivity contribution in [1.29, 1.82) is 0 Å². The SMILES string of the molecule is CC(C)(C)OC(=O)CCc1cc(Cl)c(C(=O)NN)cc1F. The minimum atomic E-state index is -0.683. The van der Waals surface area contributed by atoms with Crippen LogP contribution in [-0.4, -0.2) is 17.5 Å². The Morgan fingerprint density at radius 2 is 2.00 bits per heavy atom. The van der Waals surface area contributed by atoms with Gasteiger partial charge in [0.25, 0.3) is 5.91 Å². The van der Waals surface area contributed by atoms with Gasteiger partial charge in [0.15, 0.2) is 0 Å². The maximum Gasteiger partial charge on any atom is 0.306 e. The third-order valence-electron chi connectivity index (χ3n) is 2.53. The molecule has 21 heavy (non-hydrogen) atoms. The van der Waals surface area contributed by atoms with Gasteiger partial charge in [-0.15, -0.1) is 0 Å². The number of hydrogen-bond acceptors (Lipinski definition) is 4. The van der Waals surface area contributed by atoms with Crippen LogP contribution in [-0.2, 0) is 16.0 Å². The summed E-state index contributed by atoms with van der Waals surface area (Å²) < 4.78 is 19.0. The van der Waals surface area contributed by atoms with Gasteiger partial charge >= 0.3 is 5.97 Å². The van der Waals surface area contributed by atoms with E-state index in [4.69, 9.17) is 22.2 Å². The van der Waals surface area contributed by atoms with E-state index in [9.17, 15) is 14.0 Å². The van der Waals surface area contributed by atoms with Gasteiger partial charge < -0.3 is 4.74 Å². The lowest BCUT2D eigenvalue weighted by Crippen LogP contribution is -2.30. The highest BCUT2D eigenvalue weighted by Crippen LogP contribution is 2.22. The molecule has 0 aliphatic rings. The number of ether oxygens (including phenoxy) is 1. The van der Waals surface area contributed by atoms with Crippen LogP contribution in [0.1, 0.15) is 43.1 Å². The van der Waals surface area contributed by atoms with Gasteiger partial charge in [0.2, 0.25) is 0 Å². The van der Waals surface area contributed by atoms with Crippen molar-refractivity contribution in [2.24, 2.45) is 5.84 Å². The highest BCUT2D eigenvalue weighted by molar-refractivity contribution is 6.33. The number of benzene rings is 1. The molecule has 1 aromatic rings. The molecule has 116 valence electrons. The summed E-state index contributed by atoms with van der Waals surface area (Å²) in [4.78, 5) is 23.0. The van der Waals surface area contributed by atoms with E-state index >= 15 is 0 Å². The highest BCUT2D eigenvalue weighted by Gasteiger charge is 2.18. The molecule has 0 saturated heterocycles. The zero-order chi connectivity index (χ0) is 16.2. The second-order valence-corrected chi connectivity index (χ2v) is 5.89. The standard InChI is InChI=1S/C14H18ClFN2O3/c1-14(2,3)21-12(19)5-4-8-6-10(15)9(7-11(8)16)13(20)18-17/h6-7H,4-5,17H2,1-3H3,(H,18,20). The predicted octanol–water partition coefficient (Wildman–Crippen LogP) is 2.36. The fourth-order valence-corrected chi connectivity index (χ4v) is 1.93. The molecule has 0 saturated carbocycles. The fraction of sp³-hybridized carbons (Fsp3) is 0.429. The molecule has 7 heteroatoms. The molecule has 5 nitrogen and oxygen atoms in total. The number of nitrogens with two attached hydrogens (primary N) is 1. The molecule has 1 aromatic carbocycles. The summed E-state index contributed by atoms with van der Waals surface area (Å²) in [7, 11) is 0. The predicted molar refractivity (Wildman–Crippen MR) is 77.2 cm³/mol. The number of rotatable bonds is 4. The van der Waals surface area contributed by atoms with Gasteiger partial charge in [-0.3, -0.25) is 15.0 Å². The number of halogens is 2. The van der Waals surface area contributed by atoms with Crippen LogP contribution in [0, 0.1) is 5.82 Å². The Hall–Kier alpha value is -1.66. The lowest BCUT2D eigenvalue weighted by Gasteiger charge is -2.19. The molecule has 0 aliphatic heterocycles. The van der Waals surface area contributed by atoms with Crippen LogP contribution in [0.25, 0.3) is 0 Å². The van der Waals surface area contributed by atoms with Gasteiger partial charge in [0.1, 0.15) is 11.4 Å². The lowest BCUT2D eigenvalue weighted by molar-refractivity contribution is -0.154. The topological polar surface area (TPSA) is 81.4 Å². The molecule has 3 N–H and O–H groups in total. The van der Waals surface area contributed by atoms with E-state index in [0.29, 0.717) is 0 Å². The molecule has 0 atom stereocenters. The van der Waals surface area contributed by atoms with E-state index in [1.165, 1.54) is 6.07 Å². The van der Waals surface area contributed by atoms with E-state index in [1.54, 1.807) is 20.8 Å². The van der Waals surface area contributed by atoms with E-state index in [-0.39, 0.29) is 29.0 Å². The summed E-state index contributed by atoms with van der Waals surface area (Å²) in [6.07, 6.45) is 0.151. The van der Waals surface area contributed by atoms with Gasteiger partial charge in [-0.1, -0.05) is 11.6 Å². The third-order valence-corrected chi connectivity index (χ3v) is 2.84. The van der Waals surface area contributed by atoms with Crippen LogP contribution in [0.3, 0.4) is 0 Å². The highest BCUT2D eigenvalue weighted by atomic mass is 35.5. The molecule has 0 fully saturated rings. The number of aryl methyl sites for hydroxylation is 1. The monoisotopic (exact) mass is 316 g/mol. The number of esters is 1. The quantitative estimate of drug-likeness (QED) is 0.387. The van der Waals surface area contributed by atoms with Gasteiger partial charge in [-0.25, -0.2) is 10.2 Å². The van der Waals surface area contributed by atoms with Crippen LogP contribution in [0.4, 0.5) is 4.39 Å². The van der Waals surface area contributed by atoms with Crippen LogP contribution in [0.15, 0.2) is 12.1 Å². The Morgan fingerprint density at radius 1 is 1.38 bits per heavy atom. The van der Waals surface area contributed by atoms with E-state index in [1.807, 2.05) is 5.43 Å². The van der Waals surface area contributed by atoms with Crippen LogP contribution in [0.2, 0.25) is 5.02 Å². The average molecular weight is 317 g/mol. The molecule has 0 radical (unpaired) electrons. The number of carbonyl (C=O) groups excluding carboxylic acids is 2. The molecular formula is C14H18ClFN2O3. The molecule has 0 aliphatic carbocycles. The van der Waals surface area contributed by atoms with Crippen LogP contribution >= 0.6 is 11.6 Å². The number of nitrogens with one attached hydrogen (secondary N) is 1. The molecule has 0 bridgehead atoms. The minimum Gasteiger partial charge on any atom is -0.460 e. The first-order valence-corrected chi connectivity index (χ1v) is 6.72. The number of carbonyl (C=O) groups is 2. The molecule has 1 rings (SSSR count). The van der Waals surface area contributed by atoms with Gasteiger partial charge in [-0.05, 0) is 44.9 Å². The summed E-state index contributed by atoms with van der Waals surface area (Å²) in [5.41, 5.74) is 1.47. The second kappa shape index (κ2) is 6.87. The lowest BCUT2D eigenvalue weighted by atomic mass is 10.1. The smallest absolute Gasteiger partial charge is 0.306 e. The second-order valence-electron chi connectivity index (χ2n) is 5.48. The number of nitrogen functional groups attached to an aromatic ring is 1. The minimum absolute atomic E-state index is 0.0208. The summed E-state index contributed by atoms with van der Waals surface area (Å²) in [5, 5.41) is 0.0681. The first-order valence-electron chi connectivity index (χ1n) is 6.34. The molecule has 1 amide bonds. The maximum atomic E-state index is 13.9. The fourth-order valence-electron chi connectivity index (χ4n) is 1.66. The van der Waals surface area contributed by atoms with Crippen LogP contribution < -0.4 is 11.3 Å². The summed E-state index contributed by atoms with van der Waals surface area (Å²) >= 11 is 5.90. The van der Waals surface area contributed by atoms with Crippen molar-refractivity contribution >= 4 is 23.5 Å². The van der Waals surface area contributed by atoms with Crippen LogP contribution in [0.5, 0.6) is 0 Å². The van der Waals surface area contributed by atoms with Crippen molar-refractivity contribution in [1.82, 2.24) is 5.43 Å². The van der Waals surface area contributed by atoms with Crippen molar-refractivity contribution in [3.63, 3.8) is 0 Å². The number of amides is 1. The normalized spacial score (nSPS) is 11.1. The Labute approximate surface area is 127 Å². The number of hydrogen-bond donors (Lipinski definition) is 2. The van der Waals surface area contributed by atoms with Gasteiger partial charge in [0, 0.05) is 6.42 Å². The first-order chi connectivity index (χ1) is 9.64. The van der Waals surface area contributed by atoms with Crippen molar-refractivity contribution in [3.8, 4) is 0 Å². The van der Waals surface area contributed by atoms with Gasteiger partial charge in [0.05, 0.1) is 10.6 Å². The van der Waals surface area contributed by atoms with Crippen molar-refractivity contribution < 1.29 is 18.7 Å². The summed E-state index contributed by atoms with van der Waals surface area (Å²) in [5.74, 6) is 3.24. The zero-order valence-corrected chi connectivity index (χ0v) is 12.9. The molecule has 0 aromatic heterocycles. The van der Waals surface area contributed by atoms with E-state index in [2.05, 4.69) is 0 Å². The Kier molecular flexibility index (Phi) is 5.69. The van der Waals surface area contributed by atoms with Crippen molar-refractivity contribution in [3.05, 3.63) is 34.1 Å². The molecule has 0 heterocycles. The Balaban J connectivity index is 2.80. The summed E-state index contributed by atoms with van der Waals surface area (Å²) in [6, 6.07) is 2.31. The molecule has 0 spiro atoms. The van der Waals surface area contributed by atoms with Crippen molar-refractivity contribution in [2.45, 2.75) is 39.2 Å². The third kappa shape index (κ3) is 5.32. The summed E-state index contributed by atoms with van der Waals surface area (Å²) in [6.45, 7) is 5.26. The molecule has 0 unspecified atom stereocenters. The first kappa shape index (κ1) is 17.4. The van der Waals surface area contributed by atoms with Crippen molar-refractivity contribution in [2.75, 3.05) is 0 Å². The van der Waals surface area contributed by atoms with E-state index in [0.717, 1.165) is 6.07 Å².